The number of para-hydroxylation sites is 1. The quantitative estimate of drug-likeness (QED) is 0.367. The molecule has 2 aromatic carbocycles. The second kappa shape index (κ2) is 9.51. The number of hydrogen-bond acceptors (Lipinski definition) is 2. The van der Waals surface area contributed by atoms with Gasteiger partial charge in [-0.2, -0.15) is 0 Å². The minimum Gasteiger partial charge on any atom is -0.356 e. The fourth-order valence-electron chi connectivity index (χ4n) is 2.95. The predicted octanol–water partition coefficient (Wildman–Crippen LogP) is 3.23. The smallest absolute Gasteiger partial charge is 0.225 e. The summed E-state index contributed by atoms with van der Waals surface area (Å²) in [6.45, 7) is 0.912. The predicted molar refractivity (Wildman–Crippen MR) is 112 cm³/mol. The number of fused-ring (bicyclic) bond motifs is 1. The number of carbonyl (C=O) groups excluding carboxylic acids is 1. The molecule has 1 unspecified atom stereocenters. The van der Waals surface area contributed by atoms with Crippen LogP contribution in [-0.2, 0) is 11.3 Å². The first-order valence-corrected chi connectivity index (χ1v) is 8.24. The minimum atomic E-state index is -0.247. The van der Waals surface area contributed by atoms with E-state index in [0.717, 1.165) is 11.3 Å². The molecule has 0 saturated heterocycles. The molecule has 5 nitrogen and oxygen atoms in total. The van der Waals surface area contributed by atoms with Crippen LogP contribution in [0.3, 0.4) is 0 Å². The molecule has 1 aliphatic rings. The highest BCUT2D eigenvalue weighted by atomic mass is 127. The summed E-state index contributed by atoms with van der Waals surface area (Å²) in [5.74, 6) is 0.409. The number of nitrogens with zero attached hydrogens (tertiary/aromatic N) is 1. The Morgan fingerprint density at radius 3 is 2.69 bits per heavy atom. The van der Waals surface area contributed by atoms with E-state index in [4.69, 9.17) is 0 Å². The van der Waals surface area contributed by atoms with Crippen LogP contribution in [0.4, 0.5) is 10.1 Å². The van der Waals surface area contributed by atoms with E-state index in [0.29, 0.717) is 31.0 Å². The third kappa shape index (κ3) is 4.94. The lowest BCUT2D eigenvalue weighted by Gasteiger charge is -2.26. The standard InChI is InChI=1S/C19H21FN4O.HI/c1-21-19(22-11-13-6-2-4-8-16(13)20)23-12-14-10-18(25)24-17-9-5-3-7-15(14)17;/h2-9,14H,10-12H2,1H3,(H,24,25)(H2,21,22,23);1H. The van der Waals surface area contributed by atoms with Gasteiger partial charge in [-0.15, -0.1) is 24.0 Å². The van der Waals surface area contributed by atoms with Gasteiger partial charge in [0.25, 0.3) is 0 Å². The third-order valence-electron chi connectivity index (χ3n) is 4.25. The summed E-state index contributed by atoms with van der Waals surface area (Å²) in [7, 11) is 1.66. The molecule has 2 aromatic rings. The van der Waals surface area contributed by atoms with Crippen LogP contribution in [0.25, 0.3) is 0 Å². The van der Waals surface area contributed by atoms with Crippen molar-refractivity contribution < 1.29 is 9.18 Å². The lowest BCUT2D eigenvalue weighted by molar-refractivity contribution is -0.116. The van der Waals surface area contributed by atoms with Crippen LogP contribution in [0.5, 0.6) is 0 Å². The second-order valence-electron chi connectivity index (χ2n) is 5.93. The molecule has 0 aliphatic carbocycles. The number of rotatable bonds is 4. The SMILES string of the molecule is CN=C(NCc1ccccc1F)NCC1CC(=O)Nc2ccccc21.I. The molecule has 26 heavy (non-hydrogen) atoms. The first-order valence-electron chi connectivity index (χ1n) is 8.24. The molecule has 0 aromatic heterocycles. The fourth-order valence-corrected chi connectivity index (χ4v) is 2.95. The Labute approximate surface area is 169 Å². The largest absolute Gasteiger partial charge is 0.356 e. The molecule has 1 heterocycles. The Hall–Kier alpha value is -2.16. The number of anilines is 1. The van der Waals surface area contributed by atoms with Crippen molar-refractivity contribution in [2.45, 2.75) is 18.9 Å². The Morgan fingerprint density at radius 1 is 1.19 bits per heavy atom. The summed E-state index contributed by atoms with van der Waals surface area (Å²) in [6, 6.07) is 14.4. The molecule has 3 N–H and O–H groups in total. The highest BCUT2D eigenvalue weighted by Gasteiger charge is 2.24. The first kappa shape index (κ1) is 20.2. The van der Waals surface area contributed by atoms with Crippen molar-refractivity contribution in [3.05, 3.63) is 65.5 Å². The highest BCUT2D eigenvalue weighted by molar-refractivity contribution is 14.0. The molecule has 1 amide bonds. The molecular weight excluding hydrogens is 446 g/mol. The number of aliphatic imine (C=N–C) groups is 1. The monoisotopic (exact) mass is 468 g/mol. The van der Waals surface area contributed by atoms with E-state index in [2.05, 4.69) is 20.9 Å². The maximum atomic E-state index is 13.7. The fraction of sp³-hybridized carbons (Fsp3) is 0.263. The summed E-state index contributed by atoms with van der Waals surface area (Å²) < 4.78 is 13.7. The highest BCUT2D eigenvalue weighted by Crippen LogP contribution is 2.31. The van der Waals surface area contributed by atoms with Gasteiger partial charge in [-0.25, -0.2) is 4.39 Å². The Kier molecular flexibility index (Phi) is 7.38. The zero-order chi connectivity index (χ0) is 17.6. The van der Waals surface area contributed by atoms with Gasteiger partial charge in [-0.1, -0.05) is 36.4 Å². The third-order valence-corrected chi connectivity index (χ3v) is 4.25. The van der Waals surface area contributed by atoms with Gasteiger partial charge in [-0.05, 0) is 17.7 Å². The number of hydrogen-bond donors (Lipinski definition) is 3. The molecule has 1 atom stereocenters. The summed E-state index contributed by atoms with van der Waals surface area (Å²) in [5.41, 5.74) is 2.55. The number of guanidine groups is 1. The molecule has 0 fully saturated rings. The van der Waals surface area contributed by atoms with Crippen molar-refractivity contribution in [1.82, 2.24) is 10.6 Å². The van der Waals surface area contributed by atoms with Crippen LogP contribution >= 0.6 is 24.0 Å². The molecular formula is C19H22FIN4O. The van der Waals surface area contributed by atoms with Gasteiger partial charge in [0.1, 0.15) is 5.82 Å². The van der Waals surface area contributed by atoms with Crippen molar-refractivity contribution >= 4 is 41.5 Å². The van der Waals surface area contributed by atoms with E-state index in [-0.39, 0.29) is 41.6 Å². The van der Waals surface area contributed by atoms with E-state index < -0.39 is 0 Å². The number of amides is 1. The average Bonchev–Trinajstić information content (AvgIpc) is 2.62. The summed E-state index contributed by atoms with van der Waals surface area (Å²) in [4.78, 5) is 16.0. The number of carbonyl (C=O) groups is 1. The number of nitrogens with one attached hydrogen (secondary N) is 3. The number of halogens is 2. The van der Waals surface area contributed by atoms with E-state index in [1.54, 1.807) is 25.2 Å². The van der Waals surface area contributed by atoms with Crippen molar-refractivity contribution in [2.24, 2.45) is 4.99 Å². The number of benzene rings is 2. The molecule has 1 aliphatic heterocycles. The van der Waals surface area contributed by atoms with E-state index in [1.807, 2.05) is 24.3 Å². The molecule has 0 saturated carbocycles. The first-order chi connectivity index (χ1) is 12.2. The maximum absolute atomic E-state index is 13.7. The van der Waals surface area contributed by atoms with Crippen LogP contribution in [0.15, 0.2) is 53.5 Å². The zero-order valence-electron chi connectivity index (χ0n) is 14.5. The molecule has 3 rings (SSSR count). The normalized spacial score (nSPS) is 16.2. The molecule has 138 valence electrons. The summed E-state index contributed by atoms with van der Waals surface area (Å²) in [5, 5.41) is 9.22. The van der Waals surface area contributed by atoms with Gasteiger partial charge in [0, 0.05) is 43.7 Å². The van der Waals surface area contributed by atoms with Gasteiger partial charge in [0.15, 0.2) is 5.96 Å². The van der Waals surface area contributed by atoms with Crippen molar-refractivity contribution in [1.29, 1.82) is 0 Å². The topological polar surface area (TPSA) is 65.5 Å². The van der Waals surface area contributed by atoms with Gasteiger partial charge >= 0.3 is 0 Å². The second-order valence-corrected chi connectivity index (χ2v) is 5.93. The van der Waals surface area contributed by atoms with Gasteiger partial charge in [0.05, 0.1) is 0 Å². The van der Waals surface area contributed by atoms with Crippen molar-refractivity contribution in [3.63, 3.8) is 0 Å². The Bertz CT molecular complexity index is 797. The van der Waals surface area contributed by atoms with Crippen LogP contribution < -0.4 is 16.0 Å². The maximum Gasteiger partial charge on any atom is 0.225 e. The average molecular weight is 468 g/mol. The molecule has 7 heteroatoms. The van der Waals surface area contributed by atoms with Gasteiger partial charge < -0.3 is 16.0 Å². The molecule has 0 radical (unpaired) electrons. The zero-order valence-corrected chi connectivity index (χ0v) is 16.8. The van der Waals surface area contributed by atoms with Crippen molar-refractivity contribution in [2.75, 3.05) is 18.9 Å². The minimum absolute atomic E-state index is 0. The van der Waals surface area contributed by atoms with Gasteiger partial charge in [0.2, 0.25) is 5.91 Å². The lowest BCUT2D eigenvalue weighted by atomic mass is 9.90. The van der Waals surface area contributed by atoms with Crippen molar-refractivity contribution in [3.8, 4) is 0 Å². The van der Waals surface area contributed by atoms with E-state index >= 15 is 0 Å². The van der Waals surface area contributed by atoms with Crippen LogP contribution in [-0.4, -0.2) is 25.5 Å². The Morgan fingerprint density at radius 2 is 1.92 bits per heavy atom. The molecule has 0 bridgehead atoms. The van der Waals surface area contributed by atoms with Gasteiger partial charge in [-0.3, -0.25) is 9.79 Å². The van der Waals surface area contributed by atoms with Crippen LogP contribution in [0.2, 0.25) is 0 Å². The molecule has 0 spiro atoms. The van der Waals surface area contributed by atoms with Crippen LogP contribution in [0.1, 0.15) is 23.5 Å². The van der Waals surface area contributed by atoms with Crippen LogP contribution in [0, 0.1) is 5.82 Å². The van der Waals surface area contributed by atoms with E-state index in [1.165, 1.54) is 6.07 Å². The lowest BCUT2D eigenvalue weighted by Crippen LogP contribution is -2.40. The van der Waals surface area contributed by atoms with E-state index in [9.17, 15) is 9.18 Å². The Balaban J connectivity index is 0.00000243. The summed E-state index contributed by atoms with van der Waals surface area (Å²) in [6.07, 6.45) is 0.425. The summed E-state index contributed by atoms with van der Waals surface area (Å²) >= 11 is 0.